The predicted molar refractivity (Wildman–Crippen MR) is 83.2 cm³/mol. The van der Waals surface area contributed by atoms with Gasteiger partial charge in [-0.15, -0.1) is 0 Å². The summed E-state index contributed by atoms with van der Waals surface area (Å²) in [5, 5.41) is 3.83. The van der Waals surface area contributed by atoms with Gasteiger partial charge < -0.3 is 5.32 Å². The average molecular weight is 259 g/mol. The van der Waals surface area contributed by atoms with Gasteiger partial charge in [0.05, 0.1) is 0 Å². The topological polar surface area (TPSA) is 12.0 Å². The zero-order chi connectivity index (χ0) is 13.7. The molecule has 0 saturated heterocycles. The predicted octanol–water partition coefficient (Wildman–Crippen LogP) is 4.94. The summed E-state index contributed by atoms with van der Waals surface area (Å²) in [7, 11) is 0. The SMILES string of the molecule is CC(C)(C)CC(NCC1CCCC1)c1ccccc1. The van der Waals surface area contributed by atoms with Crippen molar-refractivity contribution in [1.29, 1.82) is 0 Å². The maximum atomic E-state index is 3.83. The van der Waals surface area contributed by atoms with Crippen molar-refractivity contribution in [1.82, 2.24) is 5.32 Å². The number of nitrogens with one attached hydrogen (secondary N) is 1. The van der Waals surface area contributed by atoms with E-state index in [4.69, 9.17) is 0 Å². The molecular weight excluding hydrogens is 230 g/mol. The third-order valence-electron chi connectivity index (χ3n) is 4.15. The van der Waals surface area contributed by atoms with Crippen LogP contribution in [0.1, 0.15) is 64.5 Å². The molecule has 1 nitrogen and oxygen atoms in total. The molecule has 0 spiro atoms. The summed E-state index contributed by atoms with van der Waals surface area (Å²) >= 11 is 0. The van der Waals surface area contributed by atoms with Crippen LogP contribution in [0.2, 0.25) is 0 Å². The summed E-state index contributed by atoms with van der Waals surface area (Å²) in [6.45, 7) is 8.19. The normalized spacial score (nSPS) is 18.7. The second-order valence-corrected chi connectivity index (χ2v) is 7.29. The summed E-state index contributed by atoms with van der Waals surface area (Å²) in [5.41, 5.74) is 1.80. The highest BCUT2D eigenvalue weighted by molar-refractivity contribution is 5.19. The van der Waals surface area contributed by atoms with Crippen molar-refractivity contribution in [2.24, 2.45) is 11.3 Å². The van der Waals surface area contributed by atoms with E-state index in [1.54, 1.807) is 0 Å². The Kier molecular flexibility index (Phi) is 5.04. The molecule has 1 aromatic rings. The number of hydrogen-bond acceptors (Lipinski definition) is 1. The second kappa shape index (κ2) is 6.56. The molecule has 106 valence electrons. The monoisotopic (exact) mass is 259 g/mol. The van der Waals surface area contributed by atoms with Gasteiger partial charge in [-0.1, -0.05) is 63.9 Å². The smallest absolute Gasteiger partial charge is 0.0325 e. The molecule has 1 unspecified atom stereocenters. The standard InChI is InChI=1S/C18H29N/c1-18(2,3)13-17(16-11-5-4-6-12-16)19-14-15-9-7-8-10-15/h4-6,11-12,15,17,19H,7-10,13-14H2,1-3H3. The first-order valence-electron chi connectivity index (χ1n) is 7.83. The van der Waals surface area contributed by atoms with Crippen molar-refractivity contribution in [2.45, 2.75) is 58.9 Å². The van der Waals surface area contributed by atoms with E-state index in [0.717, 1.165) is 5.92 Å². The Morgan fingerprint density at radius 3 is 2.32 bits per heavy atom. The zero-order valence-electron chi connectivity index (χ0n) is 12.8. The molecule has 1 N–H and O–H groups in total. The van der Waals surface area contributed by atoms with Crippen LogP contribution in [-0.4, -0.2) is 6.54 Å². The quantitative estimate of drug-likeness (QED) is 0.789. The molecule has 1 aliphatic rings. The van der Waals surface area contributed by atoms with Gasteiger partial charge in [-0.3, -0.25) is 0 Å². The van der Waals surface area contributed by atoms with E-state index in [1.807, 2.05) is 0 Å². The van der Waals surface area contributed by atoms with Crippen molar-refractivity contribution in [3.05, 3.63) is 35.9 Å². The largest absolute Gasteiger partial charge is 0.310 e. The van der Waals surface area contributed by atoms with Crippen LogP contribution in [0.15, 0.2) is 30.3 Å². The van der Waals surface area contributed by atoms with Crippen molar-refractivity contribution >= 4 is 0 Å². The van der Waals surface area contributed by atoms with Gasteiger partial charge in [0.15, 0.2) is 0 Å². The van der Waals surface area contributed by atoms with Gasteiger partial charge in [-0.25, -0.2) is 0 Å². The highest BCUT2D eigenvalue weighted by Gasteiger charge is 2.22. The molecule has 1 saturated carbocycles. The van der Waals surface area contributed by atoms with Crippen LogP contribution in [0.5, 0.6) is 0 Å². The molecule has 19 heavy (non-hydrogen) atoms. The fraction of sp³-hybridized carbons (Fsp3) is 0.667. The summed E-state index contributed by atoms with van der Waals surface area (Å²) < 4.78 is 0. The third kappa shape index (κ3) is 4.99. The molecule has 0 heterocycles. The fourth-order valence-electron chi connectivity index (χ4n) is 3.13. The van der Waals surface area contributed by atoms with E-state index in [0.29, 0.717) is 11.5 Å². The van der Waals surface area contributed by atoms with Crippen LogP contribution < -0.4 is 5.32 Å². The molecule has 1 atom stereocenters. The van der Waals surface area contributed by atoms with Crippen molar-refractivity contribution in [3.8, 4) is 0 Å². The highest BCUT2D eigenvalue weighted by atomic mass is 14.9. The van der Waals surface area contributed by atoms with Crippen LogP contribution in [-0.2, 0) is 0 Å². The molecule has 0 aliphatic heterocycles. The lowest BCUT2D eigenvalue weighted by Gasteiger charge is -2.28. The minimum absolute atomic E-state index is 0.364. The molecule has 1 aromatic carbocycles. The van der Waals surface area contributed by atoms with Crippen LogP contribution in [0.3, 0.4) is 0 Å². The maximum Gasteiger partial charge on any atom is 0.0325 e. The Labute approximate surface area is 118 Å². The van der Waals surface area contributed by atoms with E-state index >= 15 is 0 Å². The lowest BCUT2D eigenvalue weighted by atomic mass is 9.85. The average Bonchev–Trinajstić information content (AvgIpc) is 2.87. The molecule has 1 heteroatoms. The molecule has 0 amide bonds. The van der Waals surface area contributed by atoms with Crippen molar-refractivity contribution < 1.29 is 0 Å². The zero-order valence-corrected chi connectivity index (χ0v) is 12.8. The van der Waals surface area contributed by atoms with E-state index in [9.17, 15) is 0 Å². The van der Waals surface area contributed by atoms with Gasteiger partial charge in [-0.2, -0.15) is 0 Å². The number of hydrogen-bond donors (Lipinski definition) is 1. The van der Waals surface area contributed by atoms with Gasteiger partial charge in [0.25, 0.3) is 0 Å². The lowest BCUT2D eigenvalue weighted by Crippen LogP contribution is -2.29. The van der Waals surface area contributed by atoms with Gasteiger partial charge in [0.2, 0.25) is 0 Å². The van der Waals surface area contributed by atoms with Gasteiger partial charge in [0, 0.05) is 6.04 Å². The van der Waals surface area contributed by atoms with Gasteiger partial charge >= 0.3 is 0 Å². The summed E-state index contributed by atoms with van der Waals surface area (Å²) in [6.07, 6.45) is 6.90. The molecule has 0 bridgehead atoms. The summed E-state index contributed by atoms with van der Waals surface area (Å²) in [5.74, 6) is 0.909. The van der Waals surface area contributed by atoms with Crippen LogP contribution in [0.25, 0.3) is 0 Å². The Bertz CT molecular complexity index is 357. The van der Waals surface area contributed by atoms with Gasteiger partial charge in [0.1, 0.15) is 0 Å². The molecule has 1 aliphatic carbocycles. The van der Waals surface area contributed by atoms with E-state index in [2.05, 4.69) is 56.4 Å². The minimum Gasteiger partial charge on any atom is -0.310 e. The van der Waals surface area contributed by atoms with Crippen molar-refractivity contribution in [2.75, 3.05) is 6.54 Å². The first-order valence-corrected chi connectivity index (χ1v) is 7.83. The molecule has 0 radical (unpaired) electrons. The number of rotatable bonds is 5. The van der Waals surface area contributed by atoms with Crippen LogP contribution in [0, 0.1) is 11.3 Å². The van der Waals surface area contributed by atoms with E-state index in [-0.39, 0.29) is 0 Å². The Hall–Kier alpha value is -0.820. The Morgan fingerprint density at radius 2 is 1.74 bits per heavy atom. The van der Waals surface area contributed by atoms with Crippen LogP contribution in [0.4, 0.5) is 0 Å². The lowest BCUT2D eigenvalue weighted by molar-refractivity contribution is 0.300. The molecular formula is C18H29N. The molecule has 2 rings (SSSR count). The summed E-state index contributed by atoms with van der Waals surface area (Å²) in [4.78, 5) is 0. The fourth-order valence-corrected chi connectivity index (χ4v) is 3.13. The summed E-state index contributed by atoms with van der Waals surface area (Å²) in [6, 6.07) is 11.4. The van der Waals surface area contributed by atoms with E-state index in [1.165, 1.54) is 44.2 Å². The first-order chi connectivity index (χ1) is 9.04. The highest BCUT2D eigenvalue weighted by Crippen LogP contribution is 2.30. The van der Waals surface area contributed by atoms with Crippen LogP contribution >= 0.6 is 0 Å². The molecule has 1 fully saturated rings. The maximum absolute atomic E-state index is 3.83. The van der Waals surface area contributed by atoms with Gasteiger partial charge in [-0.05, 0) is 42.7 Å². The number of benzene rings is 1. The second-order valence-electron chi connectivity index (χ2n) is 7.29. The minimum atomic E-state index is 0.364. The Balaban J connectivity index is 1.97. The third-order valence-corrected chi connectivity index (χ3v) is 4.15. The first kappa shape index (κ1) is 14.6. The van der Waals surface area contributed by atoms with E-state index < -0.39 is 0 Å². The van der Waals surface area contributed by atoms with Crippen molar-refractivity contribution in [3.63, 3.8) is 0 Å². The Morgan fingerprint density at radius 1 is 1.11 bits per heavy atom. The molecule has 0 aromatic heterocycles.